The average Bonchev–Trinajstić information content (AvgIpc) is 1.65. The van der Waals surface area contributed by atoms with E-state index in [9.17, 15) is 9.59 Å². The van der Waals surface area contributed by atoms with Crippen molar-refractivity contribution < 1.29 is 12.7 Å². The molecule has 3 nitrogen and oxygen atoms in total. The van der Waals surface area contributed by atoms with Gasteiger partial charge in [0, 0.05) is 0 Å². The van der Waals surface area contributed by atoms with Crippen LogP contribution in [-0.2, 0) is 12.7 Å². The molecule has 0 N–H and O–H groups in total. The number of hydrogen-bond acceptors (Lipinski definition) is 3. The van der Waals surface area contributed by atoms with Crippen LogP contribution in [0.15, 0.2) is 0 Å². The van der Waals surface area contributed by atoms with E-state index in [4.69, 9.17) is 0 Å². The van der Waals surface area contributed by atoms with Gasteiger partial charge < -0.3 is 3.07 Å². The number of carbonyl (C=O) groups excluding carboxylic acids is 2. The van der Waals surface area contributed by atoms with E-state index >= 15 is 0 Å². The van der Waals surface area contributed by atoms with Gasteiger partial charge in [-0.05, 0) is 0 Å². The Morgan fingerprint density at radius 3 is 2.33 bits per heavy atom. The van der Waals surface area contributed by atoms with Crippen molar-refractivity contribution in [1.82, 2.24) is 0 Å². The molecule has 6 heavy (non-hydrogen) atoms. The van der Waals surface area contributed by atoms with Gasteiger partial charge in [0.15, 0.2) is 23.0 Å². The Labute approximate surface area is 48.4 Å². The molecule has 0 amide bonds. The van der Waals surface area contributed by atoms with Crippen LogP contribution in [0.5, 0.6) is 0 Å². The van der Waals surface area contributed by atoms with Crippen molar-refractivity contribution in [3.05, 3.63) is 0 Å². The molecule has 0 aliphatic rings. The zero-order valence-electron chi connectivity index (χ0n) is 2.68. The maximum atomic E-state index is 9.58. The normalized spacial score (nSPS) is 6.83. The summed E-state index contributed by atoms with van der Waals surface area (Å²) < 4.78 is 3.86. The van der Waals surface area contributed by atoms with Gasteiger partial charge in [-0.1, -0.05) is 0 Å². The zero-order valence-corrected chi connectivity index (χ0v) is 4.84. The highest BCUT2D eigenvalue weighted by atomic mass is 127. The summed E-state index contributed by atoms with van der Waals surface area (Å²) in [7, 11) is 0. The summed E-state index contributed by atoms with van der Waals surface area (Å²) in [4.78, 5) is 18.8. The molecular formula is C2HIO3. The second-order valence-corrected chi connectivity index (χ2v) is 0.954. The maximum absolute atomic E-state index is 9.58. The summed E-state index contributed by atoms with van der Waals surface area (Å²) in [6.07, 6.45) is 0.104. The molecule has 0 aromatic rings. The number of halogens is 1. The van der Waals surface area contributed by atoms with Crippen LogP contribution in [-0.4, -0.2) is 12.3 Å². The largest absolute Gasteiger partial charge is 0.389 e. The fraction of sp³-hybridized carbons (Fsp3) is 0. The van der Waals surface area contributed by atoms with Crippen molar-refractivity contribution in [2.45, 2.75) is 0 Å². The van der Waals surface area contributed by atoms with Gasteiger partial charge in [-0.3, -0.25) is 4.79 Å². The van der Waals surface area contributed by atoms with Gasteiger partial charge in [0.25, 0.3) is 0 Å². The van der Waals surface area contributed by atoms with Gasteiger partial charge in [0.1, 0.15) is 0 Å². The van der Waals surface area contributed by atoms with Crippen molar-refractivity contribution in [3.8, 4) is 0 Å². The molecule has 0 aromatic carbocycles. The van der Waals surface area contributed by atoms with Crippen LogP contribution in [0, 0.1) is 0 Å². The van der Waals surface area contributed by atoms with Gasteiger partial charge in [0.2, 0.25) is 6.29 Å². The number of aldehydes is 1. The Hall–Kier alpha value is -0.130. The van der Waals surface area contributed by atoms with Crippen molar-refractivity contribution >= 4 is 35.3 Å². The second kappa shape index (κ2) is 3.08. The molecule has 0 bridgehead atoms. The first kappa shape index (κ1) is 5.87. The highest BCUT2D eigenvalue weighted by molar-refractivity contribution is 14.1. The minimum Gasteiger partial charge on any atom is -0.389 e. The molecule has 0 heterocycles. The highest BCUT2D eigenvalue weighted by Crippen LogP contribution is 1.81. The molecule has 0 aliphatic heterocycles. The summed E-state index contributed by atoms with van der Waals surface area (Å²) in [5.74, 6) is -0.851. The van der Waals surface area contributed by atoms with Crippen LogP contribution in [0.4, 0.5) is 0 Å². The lowest BCUT2D eigenvalue weighted by atomic mass is 10.8. The van der Waals surface area contributed by atoms with Gasteiger partial charge in [0.05, 0.1) is 0 Å². The molecular weight excluding hydrogens is 199 g/mol. The SMILES string of the molecule is O=CC(=O)OI. The highest BCUT2D eigenvalue weighted by Gasteiger charge is 1.90. The number of rotatable bonds is 1. The van der Waals surface area contributed by atoms with E-state index in [1.165, 1.54) is 23.0 Å². The van der Waals surface area contributed by atoms with E-state index in [-0.39, 0.29) is 6.29 Å². The molecule has 0 aliphatic carbocycles. The molecule has 0 spiro atoms. The van der Waals surface area contributed by atoms with Gasteiger partial charge in [-0.15, -0.1) is 0 Å². The van der Waals surface area contributed by atoms with E-state index in [1.807, 2.05) is 0 Å². The molecule has 0 fully saturated rings. The van der Waals surface area contributed by atoms with E-state index in [0.717, 1.165) is 0 Å². The molecule has 0 aromatic heterocycles. The first-order valence-corrected chi connectivity index (χ1v) is 1.97. The first-order chi connectivity index (χ1) is 2.81. The van der Waals surface area contributed by atoms with Crippen LogP contribution < -0.4 is 0 Å². The molecule has 0 rings (SSSR count). The van der Waals surface area contributed by atoms with Crippen molar-refractivity contribution in [3.63, 3.8) is 0 Å². The Kier molecular flexibility index (Phi) is 3.01. The van der Waals surface area contributed by atoms with Crippen LogP contribution in [0.25, 0.3) is 0 Å². The van der Waals surface area contributed by atoms with Gasteiger partial charge in [-0.2, -0.15) is 0 Å². The summed E-state index contributed by atoms with van der Waals surface area (Å²) in [5.41, 5.74) is 0. The summed E-state index contributed by atoms with van der Waals surface area (Å²) >= 11 is 1.33. The lowest BCUT2D eigenvalue weighted by Gasteiger charge is -1.75. The minimum atomic E-state index is -0.851. The standard InChI is InChI=1S/C2HIO3/c3-6-2(5)1-4/h1H. The molecule has 34 valence electrons. The lowest BCUT2D eigenvalue weighted by Crippen LogP contribution is -1.94. The third kappa shape index (κ3) is 2.13. The van der Waals surface area contributed by atoms with Crippen LogP contribution in [0.2, 0.25) is 0 Å². The molecule has 0 saturated heterocycles. The Balaban J connectivity index is 3.23. The number of hydrogen-bond donors (Lipinski definition) is 0. The lowest BCUT2D eigenvalue weighted by molar-refractivity contribution is -0.139. The summed E-state index contributed by atoms with van der Waals surface area (Å²) in [5, 5.41) is 0. The van der Waals surface area contributed by atoms with Crippen LogP contribution >= 0.6 is 23.0 Å². The maximum Gasteiger partial charge on any atom is 0.380 e. The summed E-state index contributed by atoms with van der Waals surface area (Å²) in [6, 6.07) is 0. The smallest absolute Gasteiger partial charge is 0.380 e. The molecule has 0 unspecified atom stereocenters. The molecule has 0 radical (unpaired) electrons. The van der Waals surface area contributed by atoms with Crippen LogP contribution in [0.1, 0.15) is 0 Å². The predicted octanol–water partition coefficient (Wildman–Crippen LogP) is 0.0785. The van der Waals surface area contributed by atoms with E-state index in [0.29, 0.717) is 0 Å². The first-order valence-electron chi connectivity index (χ1n) is 1.09. The number of carbonyl (C=O) groups is 2. The molecule has 0 saturated carbocycles. The third-order valence-corrected chi connectivity index (χ3v) is 0.606. The van der Waals surface area contributed by atoms with E-state index in [2.05, 4.69) is 3.07 Å². The molecule has 0 atom stereocenters. The Morgan fingerprint density at radius 1 is 1.83 bits per heavy atom. The topological polar surface area (TPSA) is 43.4 Å². The predicted molar refractivity (Wildman–Crippen MR) is 26.2 cm³/mol. The monoisotopic (exact) mass is 200 g/mol. The summed E-state index contributed by atoms with van der Waals surface area (Å²) in [6.45, 7) is 0. The molecule has 4 heteroatoms. The minimum absolute atomic E-state index is 0.104. The Bertz CT molecular complexity index is 69.2. The van der Waals surface area contributed by atoms with Crippen molar-refractivity contribution in [2.75, 3.05) is 0 Å². The van der Waals surface area contributed by atoms with Crippen molar-refractivity contribution in [1.29, 1.82) is 0 Å². The van der Waals surface area contributed by atoms with Crippen LogP contribution in [0.3, 0.4) is 0 Å². The fourth-order valence-corrected chi connectivity index (χ4v) is 0.122. The van der Waals surface area contributed by atoms with Gasteiger partial charge >= 0.3 is 5.97 Å². The Morgan fingerprint density at radius 2 is 2.33 bits per heavy atom. The second-order valence-electron chi connectivity index (χ2n) is 0.514. The van der Waals surface area contributed by atoms with E-state index < -0.39 is 5.97 Å². The average molecular weight is 200 g/mol. The van der Waals surface area contributed by atoms with Gasteiger partial charge in [-0.25, -0.2) is 4.79 Å². The zero-order chi connectivity index (χ0) is 4.99. The quantitative estimate of drug-likeness (QED) is 0.342. The van der Waals surface area contributed by atoms with Crippen molar-refractivity contribution in [2.24, 2.45) is 0 Å². The fourth-order valence-electron chi connectivity index (χ4n) is 0.0182. The third-order valence-electron chi connectivity index (χ3n) is 0.172. The van der Waals surface area contributed by atoms with E-state index in [1.54, 1.807) is 0 Å².